The second kappa shape index (κ2) is 8.37. The predicted octanol–water partition coefficient (Wildman–Crippen LogP) is 4.97. The van der Waals surface area contributed by atoms with Gasteiger partial charge >= 0.3 is 0 Å². The van der Waals surface area contributed by atoms with E-state index < -0.39 is 12.2 Å². The van der Waals surface area contributed by atoms with Crippen LogP contribution in [0.1, 0.15) is 23.3 Å². The molecule has 0 N–H and O–H groups in total. The Hall–Kier alpha value is -3.76. The van der Waals surface area contributed by atoms with Gasteiger partial charge in [0.05, 0.1) is 0 Å². The lowest BCUT2D eigenvalue weighted by atomic mass is 10.0. The maximum Gasteiger partial charge on any atom is 0.209 e. The highest BCUT2D eigenvalue weighted by Crippen LogP contribution is 2.26. The molecule has 26 heavy (non-hydrogen) atoms. The molecular formula is C22H16N2O2. The molecule has 0 heterocycles. The van der Waals surface area contributed by atoms with Gasteiger partial charge in [-0.2, -0.15) is 10.5 Å². The highest BCUT2D eigenvalue weighted by atomic mass is 16.5. The number of hydrogen-bond acceptors (Lipinski definition) is 4. The van der Waals surface area contributed by atoms with Gasteiger partial charge in [-0.05, 0) is 30.3 Å². The predicted molar refractivity (Wildman–Crippen MR) is 97.3 cm³/mol. The minimum atomic E-state index is -0.770. The lowest BCUT2D eigenvalue weighted by molar-refractivity contribution is 0.256. The summed E-state index contributed by atoms with van der Waals surface area (Å²) in [6.07, 6.45) is -1.54. The topological polar surface area (TPSA) is 66.0 Å². The van der Waals surface area contributed by atoms with Crippen molar-refractivity contribution in [2.75, 3.05) is 0 Å². The Balaban J connectivity index is 1.82. The summed E-state index contributed by atoms with van der Waals surface area (Å²) in [6, 6.07) is 29.8. The van der Waals surface area contributed by atoms with Gasteiger partial charge < -0.3 is 9.47 Å². The van der Waals surface area contributed by atoms with E-state index in [1.807, 2.05) is 36.4 Å². The largest absolute Gasteiger partial charge is 0.471 e. The van der Waals surface area contributed by atoms with Crippen molar-refractivity contribution in [3.63, 3.8) is 0 Å². The maximum atomic E-state index is 9.49. The van der Waals surface area contributed by atoms with Gasteiger partial charge in [0, 0.05) is 11.1 Å². The van der Waals surface area contributed by atoms with Crippen LogP contribution in [0.25, 0.3) is 0 Å². The van der Waals surface area contributed by atoms with E-state index in [1.54, 1.807) is 48.5 Å². The zero-order valence-electron chi connectivity index (χ0n) is 13.9. The second-order valence-corrected chi connectivity index (χ2v) is 5.55. The van der Waals surface area contributed by atoms with Crippen molar-refractivity contribution in [3.05, 3.63) is 96.1 Å². The molecule has 2 atom stereocenters. The molecule has 0 aromatic heterocycles. The van der Waals surface area contributed by atoms with Crippen LogP contribution in [0, 0.1) is 22.7 Å². The fraction of sp³-hybridized carbons (Fsp3) is 0.0909. The van der Waals surface area contributed by atoms with Crippen LogP contribution in [-0.4, -0.2) is 0 Å². The number of para-hydroxylation sites is 2. The van der Waals surface area contributed by atoms with E-state index in [0.29, 0.717) is 22.6 Å². The first kappa shape index (κ1) is 17.1. The molecule has 4 heteroatoms. The smallest absolute Gasteiger partial charge is 0.209 e. The molecule has 126 valence electrons. The van der Waals surface area contributed by atoms with Crippen molar-refractivity contribution in [3.8, 4) is 23.6 Å². The molecule has 0 saturated carbocycles. The molecule has 0 saturated heterocycles. The second-order valence-electron chi connectivity index (χ2n) is 5.55. The first-order valence-electron chi connectivity index (χ1n) is 8.12. The number of benzene rings is 3. The molecule has 0 aliphatic heterocycles. The monoisotopic (exact) mass is 340 g/mol. The average molecular weight is 340 g/mol. The van der Waals surface area contributed by atoms with E-state index in [1.165, 1.54) is 0 Å². The fourth-order valence-electron chi connectivity index (χ4n) is 2.49. The molecule has 0 spiro atoms. The Labute approximate surface area is 152 Å². The van der Waals surface area contributed by atoms with Crippen LogP contribution in [0.3, 0.4) is 0 Å². The SMILES string of the molecule is N#CC(Oc1ccccc1)c1cccc(C(C#N)Oc2ccccc2)c1. The summed E-state index contributed by atoms with van der Waals surface area (Å²) in [4.78, 5) is 0. The Morgan fingerprint density at radius 2 is 1.00 bits per heavy atom. The minimum Gasteiger partial charge on any atom is -0.471 e. The molecule has 3 aromatic carbocycles. The lowest BCUT2D eigenvalue weighted by Gasteiger charge is -2.16. The van der Waals surface area contributed by atoms with Crippen LogP contribution in [0.15, 0.2) is 84.9 Å². The standard InChI is InChI=1S/C22H16N2O2/c23-15-21(25-19-10-3-1-4-11-19)17-8-7-9-18(14-17)22(16-24)26-20-12-5-2-6-13-20/h1-14,21-22H. The van der Waals surface area contributed by atoms with E-state index >= 15 is 0 Å². The lowest BCUT2D eigenvalue weighted by Crippen LogP contribution is -2.09. The third-order valence-corrected chi connectivity index (χ3v) is 3.74. The summed E-state index contributed by atoms with van der Waals surface area (Å²) in [5.74, 6) is 1.23. The Morgan fingerprint density at radius 3 is 1.38 bits per heavy atom. The Morgan fingerprint density at radius 1 is 0.577 bits per heavy atom. The van der Waals surface area contributed by atoms with Gasteiger partial charge in [0.15, 0.2) is 0 Å². The van der Waals surface area contributed by atoms with E-state index in [4.69, 9.17) is 9.47 Å². The van der Waals surface area contributed by atoms with E-state index in [-0.39, 0.29) is 0 Å². The van der Waals surface area contributed by atoms with Crippen LogP contribution in [0.2, 0.25) is 0 Å². The number of ether oxygens (including phenoxy) is 2. The third kappa shape index (κ3) is 4.20. The van der Waals surface area contributed by atoms with Gasteiger partial charge in [0.25, 0.3) is 0 Å². The average Bonchev–Trinajstić information content (AvgIpc) is 2.72. The first-order valence-corrected chi connectivity index (χ1v) is 8.12. The number of nitrogens with zero attached hydrogens (tertiary/aromatic N) is 2. The molecule has 0 aliphatic carbocycles. The zero-order valence-corrected chi connectivity index (χ0v) is 13.9. The number of hydrogen-bond donors (Lipinski definition) is 0. The summed E-state index contributed by atoms with van der Waals surface area (Å²) in [6.45, 7) is 0. The quantitative estimate of drug-likeness (QED) is 0.635. The molecule has 0 amide bonds. The summed E-state index contributed by atoms with van der Waals surface area (Å²) < 4.78 is 11.5. The van der Waals surface area contributed by atoms with Gasteiger partial charge in [0.2, 0.25) is 12.2 Å². The summed E-state index contributed by atoms with van der Waals surface area (Å²) in [5.41, 5.74) is 1.34. The molecule has 2 unspecified atom stereocenters. The Bertz CT molecular complexity index is 853. The van der Waals surface area contributed by atoms with Crippen LogP contribution < -0.4 is 9.47 Å². The molecule has 0 radical (unpaired) electrons. The van der Waals surface area contributed by atoms with Crippen LogP contribution >= 0.6 is 0 Å². The summed E-state index contributed by atoms with van der Waals surface area (Å²) in [5, 5.41) is 19.0. The zero-order chi connectivity index (χ0) is 18.2. The van der Waals surface area contributed by atoms with Crippen molar-refractivity contribution < 1.29 is 9.47 Å². The molecule has 3 aromatic rings. The van der Waals surface area contributed by atoms with Crippen molar-refractivity contribution >= 4 is 0 Å². The van der Waals surface area contributed by atoms with Gasteiger partial charge in [-0.15, -0.1) is 0 Å². The summed E-state index contributed by atoms with van der Waals surface area (Å²) in [7, 11) is 0. The first-order chi connectivity index (χ1) is 12.8. The van der Waals surface area contributed by atoms with Crippen LogP contribution in [0.5, 0.6) is 11.5 Å². The van der Waals surface area contributed by atoms with Crippen molar-refractivity contribution in [1.82, 2.24) is 0 Å². The highest BCUT2D eigenvalue weighted by Gasteiger charge is 2.17. The van der Waals surface area contributed by atoms with Crippen LogP contribution in [0.4, 0.5) is 0 Å². The summed E-state index contributed by atoms with van der Waals surface area (Å²) >= 11 is 0. The molecule has 3 rings (SSSR count). The molecule has 0 aliphatic rings. The number of nitriles is 2. The Kier molecular flexibility index (Phi) is 5.50. The van der Waals surface area contributed by atoms with Crippen LogP contribution in [-0.2, 0) is 0 Å². The van der Waals surface area contributed by atoms with Gasteiger partial charge in [-0.25, -0.2) is 0 Å². The maximum absolute atomic E-state index is 9.49. The highest BCUT2D eigenvalue weighted by molar-refractivity contribution is 5.34. The fourth-order valence-corrected chi connectivity index (χ4v) is 2.49. The van der Waals surface area contributed by atoms with E-state index in [2.05, 4.69) is 12.1 Å². The third-order valence-electron chi connectivity index (χ3n) is 3.74. The molecular weight excluding hydrogens is 324 g/mol. The van der Waals surface area contributed by atoms with Crippen molar-refractivity contribution in [2.24, 2.45) is 0 Å². The van der Waals surface area contributed by atoms with Gasteiger partial charge in [0.1, 0.15) is 23.6 Å². The molecule has 4 nitrogen and oxygen atoms in total. The number of rotatable bonds is 6. The van der Waals surface area contributed by atoms with Gasteiger partial charge in [-0.3, -0.25) is 0 Å². The van der Waals surface area contributed by atoms with E-state index in [0.717, 1.165) is 0 Å². The molecule has 0 bridgehead atoms. The van der Waals surface area contributed by atoms with Crippen molar-refractivity contribution in [1.29, 1.82) is 10.5 Å². The normalized spacial score (nSPS) is 12.2. The van der Waals surface area contributed by atoms with Gasteiger partial charge in [-0.1, -0.05) is 54.6 Å². The minimum absolute atomic E-state index is 0.613. The molecule has 0 fully saturated rings. The van der Waals surface area contributed by atoms with E-state index in [9.17, 15) is 10.5 Å². The van der Waals surface area contributed by atoms with Crippen molar-refractivity contribution in [2.45, 2.75) is 12.2 Å².